The molecular formula is C26H27N3O4. The van der Waals surface area contributed by atoms with E-state index >= 15 is 0 Å². The van der Waals surface area contributed by atoms with Crippen LogP contribution >= 0.6 is 0 Å². The summed E-state index contributed by atoms with van der Waals surface area (Å²) >= 11 is 0. The fourth-order valence-corrected chi connectivity index (χ4v) is 3.19. The highest BCUT2D eigenvalue weighted by molar-refractivity contribution is 6.01. The van der Waals surface area contributed by atoms with Gasteiger partial charge in [-0.3, -0.25) is 10.6 Å². The number of hydrazine groups is 1. The Labute approximate surface area is 193 Å². The van der Waals surface area contributed by atoms with Crippen molar-refractivity contribution in [1.29, 1.82) is 0 Å². The van der Waals surface area contributed by atoms with E-state index in [0.717, 1.165) is 22.6 Å². The van der Waals surface area contributed by atoms with E-state index in [2.05, 4.69) is 28.7 Å². The number of aldehydes is 1. The zero-order valence-electron chi connectivity index (χ0n) is 18.7. The zero-order valence-corrected chi connectivity index (χ0v) is 18.7. The average Bonchev–Trinajstić information content (AvgIpc) is 3.69. The summed E-state index contributed by atoms with van der Waals surface area (Å²) in [4.78, 5) is 36.3. The number of allylic oxidation sites excluding steroid dienone is 1. The molecule has 1 unspecified atom stereocenters. The number of methoxy groups -OCH3 is 1. The van der Waals surface area contributed by atoms with Gasteiger partial charge in [0.25, 0.3) is 5.91 Å². The molecule has 0 aliphatic heterocycles. The molecule has 0 saturated heterocycles. The van der Waals surface area contributed by atoms with Crippen LogP contribution in [0.1, 0.15) is 39.9 Å². The van der Waals surface area contributed by atoms with E-state index in [4.69, 9.17) is 5.84 Å². The van der Waals surface area contributed by atoms with Gasteiger partial charge in [-0.25, -0.2) is 9.80 Å². The monoisotopic (exact) mass is 445 g/mol. The predicted molar refractivity (Wildman–Crippen MR) is 126 cm³/mol. The van der Waals surface area contributed by atoms with Crippen molar-refractivity contribution >= 4 is 24.2 Å². The van der Waals surface area contributed by atoms with Crippen molar-refractivity contribution in [2.75, 3.05) is 14.2 Å². The largest absolute Gasteiger partial charge is 0.467 e. The molecule has 1 aliphatic carbocycles. The second kappa shape index (κ2) is 11.2. The SMILES string of the molecule is COC(=O)C(C=O)N(C)C(=O)c1ccc(C#C/C=C/c2ccc(CN(N)C3CC3)cc2)cc1. The number of esters is 1. The van der Waals surface area contributed by atoms with Crippen LogP contribution in [0.3, 0.4) is 0 Å². The highest BCUT2D eigenvalue weighted by atomic mass is 16.5. The lowest BCUT2D eigenvalue weighted by molar-refractivity contribution is -0.147. The number of nitrogens with zero attached hydrogens (tertiary/aromatic N) is 2. The van der Waals surface area contributed by atoms with Gasteiger partial charge in [0, 0.05) is 30.8 Å². The third-order valence-corrected chi connectivity index (χ3v) is 5.38. The maximum Gasteiger partial charge on any atom is 0.336 e. The zero-order chi connectivity index (χ0) is 23.8. The molecule has 2 N–H and O–H groups in total. The van der Waals surface area contributed by atoms with Crippen LogP contribution < -0.4 is 5.84 Å². The Balaban J connectivity index is 1.56. The van der Waals surface area contributed by atoms with Crippen LogP contribution in [0.25, 0.3) is 6.08 Å². The molecule has 1 aliphatic rings. The number of nitrogens with two attached hydrogens (primary N) is 1. The molecule has 7 heteroatoms. The van der Waals surface area contributed by atoms with Crippen LogP contribution in [0.5, 0.6) is 0 Å². The fourth-order valence-electron chi connectivity index (χ4n) is 3.19. The molecule has 170 valence electrons. The van der Waals surface area contributed by atoms with Crippen molar-refractivity contribution in [3.8, 4) is 11.8 Å². The van der Waals surface area contributed by atoms with E-state index in [0.29, 0.717) is 17.9 Å². The molecule has 1 saturated carbocycles. The first-order valence-electron chi connectivity index (χ1n) is 10.6. The smallest absolute Gasteiger partial charge is 0.336 e. The molecule has 0 heterocycles. The van der Waals surface area contributed by atoms with Crippen LogP contribution in [-0.2, 0) is 20.9 Å². The number of benzene rings is 2. The van der Waals surface area contributed by atoms with Gasteiger partial charge >= 0.3 is 5.97 Å². The normalized spacial score (nSPS) is 13.8. The summed E-state index contributed by atoms with van der Waals surface area (Å²) < 4.78 is 4.55. The van der Waals surface area contributed by atoms with E-state index in [1.807, 2.05) is 23.2 Å². The van der Waals surface area contributed by atoms with Gasteiger partial charge in [-0.1, -0.05) is 36.1 Å². The van der Waals surface area contributed by atoms with Crippen molar-refractivity contribution in [2.45, 2.75) is 31.5 Å². The molecular weight excluding hydrogens is 418 g/mol. The van der Waals surface area contributed by atoms with Gasteiger partial charge in [-0.05, 0) is 60.4 Å². The molecule has 0 aromatic heterocycles. The summed E-state index contributed by atoms with van der Waals surface area (Å²) in [6.07, 6.45) is 6.44. The number of carbonyl (C=O) groups excluding carboxylic acids is 3. The lowest BCUT2D eigenvalue weighted by atomic mass is 10.1. The number of carbonyl (C=O) groups is 3. The van der Waals surface area contributed by atoms with Crippen molar-refractivity contribution in [3.63, 3.8) is 0 Å². The summed E-state index contributed by atoms with van der Waals surface area (Å²) in [5.74, 6) is 10.8. The van der Waals surface area contributed by atoms with Gasteiger partial charge in [0.05, 0.1) is 7.11 Å². The molecule has 0 spiro atoms. The maximum atomic E-state index is 12.5. The minimum absolute atomic E-state index is 0.340. The fraction of sp³-hybridized carbons (Fsp3) is 0.269. The first-order chi connectivity index (χ1) is 15.9. The molecule has 33 heavy (non-hydrogen) atoms. The van der Waals surface area contributed by atoms with E-state index in [-0.39, 0.29) is 0 Å². The van der Waals surface area contributed by atoms with Gasteiger partial charge in [-0.2, -0.15) is 0 Å². The van der Waals surface area contributed by atoms with Gasteiger partial charge in [0.15, 0.2) is 12.3 Å². The van der Waals surface area contributed by atoms with Crippen LogP contribution in [-0.4, -0.2) is 54.3 Å². The third kappa shape index (κ3) is 6.62. The lowest BCUT2D eigenvalue weighted by Crippen LogP contribution is -2.44. The predicted octanol–water partition coefficient (Wildman–Crippen LogP) is 2.40. The van der Waals surface area contributed by atoms with E-state index in [9.17, 15) is 14.4 Å². The quantitative estimate of drug-likeness (QED) is 0.168. The van der Waals surface area contributed by atoms with E-state index in [1.165, 1.54) is 32.6 Å². The first kappa shape index (κ1) is 23.9. The van der Waals surface area contributed by atoms with E-state index in [1.54, 1.807) is 30.3 Å². The molecule has 0 radical (unpaired) electrons. The Morgan fingerprint density at radius 1 is 1.15 bits per heavy atom. The molecule has 1 amide bonds. The molecule has 2 aromatic carbocycles. The molecule has 2 aromatic rings. The number of hydrogen-bond acceptors (Lipinski definition) is 6. The number of likely N-dealkylation sites (N-methyl/N-ethyl adjacent to an activating group) is 1. The van der Waals surface area contributed by atoms with Crippen LogP contribution in [0.4, 0.5) is 0 Å². The topological polar surface area (TPSA) is 92.9 Å². The second-order valence-corrected chi connectivity index (χ2v) is 7.85. The summed E-state index contributed by atoms with van der Waals surface area (Å²) in [5, 5.41) is 1.90. The van der Waals surface area contributed by atoms with Gasteiger partial charge in [0.1, 0.15) is 0 Å². The maximum absolute atomic E-state index is 12.5. The third-order valence-electron chi connectivity index (χ3n) is 5.38. The lowest BCUT2D eigenvalue weighted by Gasteiger charge is -2.21. The van der Waals surface area contributed by atoms with Crippen LogP contribution in [0.15, 0.2) is 54.6 Å². The average molecular weight is 446 g/mol. The van der Waals surface area contributed by atoms with Crippen LogP contribution in [0, 0.1) is 11.8 Å². The van der Waals surface area contributed by atoms with Gasteiger partial charge < -0.3 is 14.4 Å². The number of rotatable bonds is 8. The van der Waals surface area contributed by atoms with Crippen molar-refractivity contribution in [2.24, 2.45) is 5.84 Å². The summed E-state index contributed by atoms with van der Waals surface area (Å²) in [7, 11) is 2.54. The number of hydrogen-bond donors (Lipinski definition) is 1. The Kier molecular flexibility index (Phi) is 8.14. The number of amides is 1. The van der Waals surface area contributed by atoms with Crippen molar-refractivity contribution in [3.05, 3.63) is 76.9 Å². The van der Waals surface area contributed by atoms with Gasteiger partial charge in [0.2, 0.25) is 0 Å². The minimum Gasteiger partial charge on any atom is -0.467 e. The molecule has 1 atom stereocenters. The van der Waals surface area contributed by atoms with Crippen molar-refractivity contribution in [1.82, 2.24) is 9.91 Å². The first-order valence-corrected chi connectivity index (χ1v) is 10.6. The highest BCUT2D eigenvalue weighted by Crippen LogP contribution is 2.25. The Morgan fingerprint density at radius 3 is 2.39 bits per heavy atom. The highest BCUT2D eigenvalue weighted by Gasteiger charge is 2.28. The summed E-state index contributed by atoms with van der Waals surface area (Å²) in [6, 6.07) is 14.1. The summed E-state index contributed by atoms with van der Waals surface area (Å²) in [6.45, 7) is 0.751. The Bertz CT molecular complexity index is 1080. The Morgan fingerprint density at radius 2 is 1.82 bits per heavy atom. The van der Waals surface area contributed by atoms with Crippen molar-refractivity contribution < 1.29 is 19.1 Å². The second-order valence-electron chi connectivity index (χ2n) is 7.85. The van der Waals surface area contributed by atoms with Gasteiger partial charge in [-0.15, -0.1) is 0 Å². The summed E-state index contributed by atoms with van der Waals surface area (Å²) in [5.41, 5.74) is 3.30. The Hall–Kier alpha value is -3.73. The standard InChI is InChI=1S/C26H27N3O4/c1-28(24(18-30)26(32)33-2)25(31)22-13-11-20(12-14-22)6-4-3-5-19-7-9-21(10-8-19)17-29(27)23-15-16-23/h3,5,7-14,18,23-24H,15-17,27H2,1-2H3/b5-3+. The number of ether oxygens (including phenoxy) is 1. The van der Waals surface area contributed by atoms with Crippen LogP contribution in [0.2, 0.25) is 0 Å². The molecule has 0 bridgehead atoms. The minimum atomic E-state index is -1.28. The molecule has 7 nitrogen and oxygen atoms in total. The van der Waals surface area contributed by atoms with E-state index < -0.39 is 17.9 Å². The molecule has 3 rings (SSSR count). The molecule has 1 fully saturated rings.